The van der Waals surface area contributed by atoms with Crippen LogP contribution in [0.3, 0.4) is 0 Å². The molecule has 1 N–H and O–H groups in total. The molecule has 0 unspecified atom stereocenters. The number of hydrogen-bond donors (Lipinski definition) is 1. The molecule has 1 aromatic heterocycles. The lowest BCUT2D eigenvalue weighted by atomic mass is 10.1. The lowest BCUT2D eigenvalue weighted by Gasteiger charge is -2.09. The van der Waals surface area contributed by atoms with E-state index in [2.05, 4.69) is 15.9 Å². The number of halogens is 2. The molecule has 3 rings (SSSR count). The average molecular weight is 334 g/mol. The van der Waals surface area contributed by atoms with Gasteiger partial charge < -0.3 is 9.67 Å². The van der Waals surface area contributed by atoms with E-state index in [9.17, 15) is 9.50 Å². The van der Waals surface area contributed by atoms with Gasteiger partial charge in [-0.2, -0.15) is 0 Å². The first-order valence-electron chi connectivity index (χ1n) is 6.30. The zero-order chi connectivity index (χ0) is 14.1. The van der Waals surface area contributed by atoms with E-state index in [1.165, 1.54) is 6.07 Å². The summed E-state index contributed by atoms with van der Waals surface area (Å²) in [5.41, 5.74) is 2.79. The van der Waals surface area contributed by atoms with Crippen LogP contribution in [-0.4, -0.2) is 9.67 Å². The van der Waals surface area contributed by atoms with Gasteiger partial charge in [-0.25, -0.2) is 4.39 Å². The summed E-state index contributed by atoms with van der Waals surface area (Å²) in [7, 11) is 0. The third-order valence-electron chi connectivity index (χ3n) is 3.39. The predicted molar refractivity (Wildman–Crippen MR) is 81.1 cm³/mol. The lowest BCUT2D eigenvalue weighted by molar-refractivity contribution is 0.282. The van der Waals surface area contributed by atoms with E-state index in [-0.39, 0.29) is 12.4 Å². The van der Waals surface area contributed by atoms with Crippen molar-refractivity contribution in [1.82, 2.24) is 4.57 Å². The Balaban J connectivity index is 2.04. The van der Waals surface area contributed by atoms with Gasteiger partial charge in [0.1, 0.15) is 5.82 Å². The molecular formula is C16H13BrFNO. The molecule has 102 valence electrons. The van der Waals surface area contributed by atoms with Crippen molar-refractivity contribution in [2.24, 2.45) is 0 Å². The zero-order valence-corrected chi connectivity index (χ0v) is 12.3. The minimum Gasteiger partial charge on any atom is -0.392 e. The van der Waals surface area contributed by atoms with Crippen LogP contribution in [0.25, 0.3) is 10.9 Å². The summed E-state index contributed by atoms with van der Waals surface area (Å²) in [4.78, 5) is 0. The van der Waals surface area contributed by atoms with E-state index in [0.29, 0.717) is 11.0 Å². The first kappa shape index (κ1) is 13.3. The highest BCUT2D eigenvalue weighted by Crippen LogP contribution is 2.24. The van der Waals surface area contributed by atoms with Gasteiger partial charge in [0.05, 0.1) is 11.1 Å². The molecule has 3 aromatic rings. The van der Waals surface area contributed by atoms with Gasteiger partial charge in [-0.3, -0.25) is 0 Å². The van der Waals surface area contributed by atoms with Crippen molar-refractivity contribution in [3.63, 3.8) is 0 Å². The summed E-state index contributed by atoms with van der Waals surface area (Å²) in [6, 6.07) is 12.9. The number of fused-ring (bicyclic) bond motifs is 1. The smallest absolute Gasteiger partial charge is 0.137 e. The van der Waals surface area contributed by atoms with Crippen LogP contribution in [0.5, 0.6) is 0 Å². The molecule has 0 atom stereocenters. The molecule has 0 aliphatic carbocycles. The maximum atomic E-state index is 13.6. The molecule has 0 fully saturated rings. The molecule has 0 aliphatic heterocycles. The van der Waals surface area contributed by atoms with Gasteiger partial charge in [0.15, 0.2) is 0 Å². The van der Waals surface area contributed by atoms with Gasteiger partial charge in [0.25, 0.3) is 0 Å². The molecule has 20 heavy (non-hydrogen) atoms. The first-order chi connectivity index (χ1) is 9.69. The Labute approximate surface area is 124 Å². The van der Waals surface area contributed by atoms with Crippen LogP contribution in [0.2, 0.25) is 0 Å². The number of aromatic nitrogens is 1. The highest BCUT2D eigenvalue weighted by molar-refractivity contribution is 9.10. The van der Waals surface area contributed by atoms with Crippen LogP contribution in [0.1, 0.15) is 11.1 Å². The van der Waals surface area contributed by atoms with Gasteiger partial charge in [0, 0.05) is 18.3 Å². The van der Waals surface area contributed by atoms with Crippen molar-refractivity contribution in [2.45, 2.75) is 13.2 Å². The van der Waals surface area contributed by atoms with Crippen LogP contribution in [0.4, 0.5) is 4.39 Å². The second-order valence-corrected chi connectivity index (χ2v) is 5.50. The minimum absolute atomic E-state index is 0.0186. The monoisotopic (exact) mass is 333 g/mol. The highest BCUT2D eigenvalue weighted by atomic mass is 79.9. The van der Waals surface area contributed by atoms with Gasteiger partial charge >= 0.3 is 0 Å². The first-order valence-corrected chi connectivity index (χ1v) is 7.10. The fourth-order valence-corrected chi connectivity index (χ4v) is 2.71. The van der Waals surface area contributed by atoms with Crippen molar-refractivity contribution >= 4 is 26.8 Å². The Morgan fingerprint density at radius 3 is 2.80 bits per heavy atom. The maximum absolute atomic E-state index is 13.6. The number of aliphatic hydroxyl groups is 1. The van der Waals surface area contributed by atoms with E-state index in [0.717, 1.165) is 22.0 Å². The lowest BCUT2D eigenvalue weighted by Crippen LogP contribution is -2.00. The number of benzene rings is 2. The van der Waals surface area contributed by atoms with Gasteiger partial charge in [0.2, 0.25) is 0 Å². The quantitative estimate of drug-likeness (QED) is 0.767. The molecular weight excluding hydrogens is 321 g/mol. The highest BCUT2D eigenvalue weighted by Gasteiger charge is 2.08. The molecule has 4 heteroatoms. The van der Waals surface area contributed by atoms with Crippen LogP contribution in [0.15, 0.2) is 53.1 Å². The molecule has 0 aliphatic rings. The van der Waals surface area contributed by atoms with E-state index < -0.39 is 0 Å². The molecule has 0 saturated heterocycles. The van der Waals surface area contributed by atoms with Crippen molar-refractivity contribution in [2.75, 3.05) is 0 Å². The maximum Gasteiger partial charge on any atom is 0.137 e. The molecule has 0 saturated carbocycles. The van der Waals surface area contributed by atoms with E-state index in [1.807, 2.05) is 41.1 Å². The Kier molecular flexibility index (Phi) is 3.59. The second-order valence-electron chi connectivity index (χ2n) is 4.71. The zero-order valence-electron chi connectivity index (χ0n) is 10.7. The summed E-state index contributed by atoms with van der Waals surface area (Å²) in [5, 5.41) is 10.3. The fraction of sp³-hybridized carbons (Fsp3) is 0.125. The third kappa shape index (κ3) is 2.37. The van der Waals surface area contributed by atoms with Gasteiger partial charge in [-0.05, 0) is 50.6 Å². The largest absolute Gasteiger partial charge is 0.392 e. The topological polar surface area (TPSA) is 25.2 Å². The number of aliphatic hydroxyl groups excluding tert-OH is 1. The Morgan fingerprint density at radius 1 is 1.15 bits per heavy atom. The average Bonchev–Trinajstić information content (AvgIpc) is 2.86. The molecule has 2 nitrogen and oxygen atoms in total. The predicted octanol–water partition coefficient (Wildman–Crippen LogP) is 4.08. The van der Waals surface area contributed by atoms with Crippen LogP contribution < -0.4 is 0 Å². The van der Waals surface area contributed by atoms with Gasteiger partial charge in [-0.15, -0.1) is 0 Å². The summed E-state index contributed by atoms with van der Waals surface area (Å²) in [6.07, 6.45) is 1.98. The standard InChI is InChI=1S/C16H13BrFNO/c17-16-13(2-1-3-14(16)18)9-19-7-6-12-5-4-11(10-20)8-15(12)19/h1-8,20H,9-10H2. The van der Waals surface area contributed by atoms with Crippen molar-refractivity contribution in [3.8, 4) is 0 Å². The molecule has 0 bridgehead atoms. The minimum atomic E-state index is -0.255. The van der Waals surface area contributed by atoms with E-state index in [4.69, 9.17) is 0 Å². The van der Waals surface area contributed by atoms with Crippen molar-refractivity contribution in [1.29, 1.82) is 0 Å². The van der Waals surface area contributed by atoms with Gasteiger partial charge in [-0.1, -0.05) is 24.3 Å². The summed E-state index contributed by atoms with van der Waals surface area (Å²) in [6.45, 7) is 0.599. The van der Waals surface area contributed by atoms with Crippen LogP contribution >= 0.6 is 15.9 Å². The molecule has 0 radical (unpaired) electrons. The molecule has 0 amide bonds. The number of hydrogen-bond acceptors (Lipinski definition) is 1. The molecule has 0 spiro atoms. The molecule has 1 heterocycles. The van der Waals surface area contributed by atoms with Crippen LogP contribution in [0, 0.1) is 5.82 Å². The summed E-state index contributed by atoms with van der Waals surface area (Å²) < 4.78 is 16.1. The van der Waals surface area contributed by atoms with E-state index >= 15 is 0 Å². The second kappa shape index (κ2) is 5.38. The normalized spacial score (nSPS) is 11.2. The number of nitrogens with zero attached hydrogens (tertiary/aromatic N) is 1. The van der Waals surface area contributed by atoms with E-state index in [1.54, 1.807) is 6.07 Å². The molecule has 2 aromatic carbocycles. The third-order valence-corrected chi connectivity index (χ3v) is 4.28. The Bertz CT molecular complexity index is 766. The Morgan fingerprint density at radius 2 is 2.00 bits per heavy atom. The van der Waals surface area contributed by atoms with Crippen molar-refractivity contribution in [3.05, 3.63) is 70.1 Å². The summed E-state index contributed by atoms with van der Waals surface area (Å²) in [5.74, 6) is -0.255. The fourth-order valence-electron chi connectivity index (χ4n) is 2.32. The SMILES string of the molecule is OCc1ccc2ccn(Cc3cccc(F)c3Br)c2c1. The Hall–Kier alpha value is -1.65. The number of rotatable bonds is 3. The van der Waals surface area contributed by atoms with Crippen LogP contribution in [-0.2, 0) is 13.2 Å². The van der Waals surface area contributed by atoms with Crippen molar-refractivity contribution < 1.29 is 9.50 Å². The summed E-state index contributed by atoms with van der Waals surface area (Å²) >= 11 is 3.29.